The number of piperidine rings is 2. The normalized spacial score (nSPS) is 23.3. The predicted molar refractivity (Wildman–Crippen MR) is 99.3 cm³/mol. The first-order valence-corrected chi connectivity index (χ1v) is 9.67. The SMILES string of the molecule is CN(C)c1ncc(CN2CCCCC2CCN2CCCCC2)cn1. The fourth-order valence-corrected chi connectivity index (χ4v) is 4.00. The van der Waals surface area contributed by atoms with Crippen LogP contribution in [0.2, 0.25) is 0 Å². The monoisotopic (exact) mass is 331 g/mol. The zero-order valence-corrected chi connectivity index (χ0v) is 15.5. The lowest BCUT2D eigenvalue weighted by Crippen LogP contribution is -2.42. The minimum Gasteiger partial charge on any atom is -0.347 e. The zero-order valence-electron chi connectivity index (χ0n) is 15.5. The van der Waals surface area contributed by atoms with Gasteiger partial charge in [0.1, 0.15) is 0 Å². The second-order valence-corrected chi connectivity index (χ2v) is 7.60. The van der Waals surface area contributed by atoms with Crippen LogP contribution in [0.4, 0.5) is 5.95 Å². The molecule has 1 aromatic heterocycles. The summed E-state index contributed by atoms with van der Waals surface area (Å²) in [6, 6.07) is 0.731. The summed E-state index contributed by atoms with van der Waals surface area (Å²) in [7, 11) is 3.96. The molecule has 3 heterocycles. The molecule has 2 saturated heterocycles. The smallest absolute Gasteiger partial charge is 0.224 e. The lowest BCUT2D eigenvalue weighted by molar-refractivity contribution is 0.113. The fraction of sp³-hybridized carbons (Fsp3) is 0.789. The van der Waals surface area contributed by atoms with E-state index in [9.17, 15) is 0 Å². The summed E-state index contributed by atoms with van der Waals surface area (Å²) in [6.45, 7) is 6.12. The van der Waals surface area contributed by atoms with Crippen LogP contribution < -0.4 is 4.90 Å². The van der Waals surface area contributed by atoms with Gasteiger partial charge in [0.05, 0.1) is 0 Å². The number of nitrogens with zero attached hydrogens (tertiary/aromatic N) is 5. The predicted octanol–water partition coefficient (Wildman–Crippen LogP) is 2.77. The van der Waals surface area contributed by atoms with Crippen molar-refractivity contribution in [3.8, 4) is 0 Å². The Labute approximate surface area is 147 Å². The molecule has 1 aromatic rings. The largest absolute Gasteiger partial charge is 0.347 e. The number of rotatable bonds is 6. The van der Waals surface area contributed by atoms with Gasteiger partial charge in [-0.05, 0) is 58.3 Å². The highest BCUT2D eigenvalue weighted by atomic mass is 15.2. The molecule has 0 spiro atoms. The standard InChI is InChI=1S/C19H33N5/c1-22(2)19-20-14-17(15-21-19)16-24-12-7-4-8-18(24)9-13-23-10-5-3-6-11-23/h14-15,18H,3-13,16H2,1-2H3. The summed E-state index contributed by atoms with van der Waals surface area (Å²) in [4.78, 5) is 16.2. The van der Waals surface area contributed by atoms with E-state index in [2.05, 4.69) is 19.8 Å². The minimum atomic E-state index is 0.731. The van der Waals surface area contributed by atoms with Gasteiger partial charge in [-0.2, -0.15) is 0 Å². The Morgan fingerprint density at radius 2 is 1.71 bits per heavy atom. The van der Waals surface area contributed by atoms with Gasteiger partial charge in [0, 0.05) is 44.6 Å². The quantitative estimate of drug-likeness (QED) is 0.801. The Hall–Kier alpha value is -1.20. The van der Waals surface area contributed by atoms with Crippen LogP contribution in [0.3, 0.4) is 0 Å². The third kappa shape index (κ3) is 4.90. The summed E-state index contributed by atoms with van der Waals surface area (Å²) in [5, 5.41) is 0. The van der Waals surface area contributed by atoms with E-state index in [4.69, 9.17) is 0 Å². The van der Waals surface area contributed by atoms with Crippen LogP contribution >= 0.6 is 0 Å². The van der Waals surface area contributed by atoms with Gasteiger partial charge < -0.3 is 9.80 Å². The number of hydrogen-bond donors (Lipinski definition) is 0. The van der Waals surface area contributed by atoms with Crippen molar-refractivity contribution in [2.45, 2.75) is 57.5 Å². The minimum absolute atomic E-state index is 0.731. The molecule has 0 aliphatic carbocycles. The van der Waals surface area contributed by atoms with E-state index < -0.39 is 0 Å². The van der Waals surface area contributed by atoms with Gasteiger partial charge in [-0.1, -0.05) is 12.8 Å². The first-order valence-electron chi connectivity index (χ1n) is 9.67. The Bertz CT molecular complexity index is 481. The van der Waals surface area contributed by atoms with E-state index in [1.165, 1.54) is 76.7 Å². The van der Waals surface area contributed by atoms with Crippen molar-refractivity contribution >= 4 is 5.95 Å². The number of anilines is 1. The van der Waals surface area contributed by atoms with Crippen molar-refractivity contribution in [1.82, 2.24) is 19.8 Å². The van der Waals surface area contributed by atoms with Crippen LogP contribution in [0, 0.1) is 0 Å². The molecule has 2 aliphatic heterocycles. The summed E-state index contributed by atoms with van der Waals surface area (Å²) in [6.07, 6.45) is 13.6. The molecule has 0 saturated carbocycles. The molecule has 3 rings (SSSR count). The fourth-order valence-electron chi connectivity index (χ4n) is 4.00. The van der Waals surface area contributed by atoms with E-state index >= 15 is 0 Å². The molecule has 2 aliphatic rings. The highest BCUT2D eigenvalue weighted by molar-refractivity contribution is 5.26. The second kappa shape index (κ2) is 8.77. The highest BCUT2D eigenvalue weighted by Gasteiger charge is 2.23. The van der Waals surface area contributed by atoms with Crippen molar-refractivity contribution in [1.29, 1.82) is 0 Å². The molecule has 0 radical (unpaired) electrons. The Morgan fingerprint density at radius 1 is 1.00 bits per heavy atom. The van der Waals surface area contributed by atoms with Gasteiger partial charge in [-0.3, -0.25) is 4.90 Å². The van der Waals surface area contributed by atoms with E-state index in [0.29, 0.717) is 0 Å². The second-order valence-electron chi connectivity index (χ2n) is 7.60. The molecule has 1 unspecified atom stereocenters. The lowest BCUT2D eigenvalue weighted by atomic mass is 9.98. The molecule has 134 valence electrons. The van der Waals surface area contributed by atoms with E-state index in [0.717, 1.165) is 18.5 Å². The molecule has 5 heteroatoms. The van der Waals surface area contributed by atoms with E-state index in [1.54, 1.807) is 0 Å². The van der Waals surface area contributed by atoms with Crippen molar-refractivity contribution in [3.05, 3.63) is 18.0 Å². The molecule has 24 heavy (non-hydrogen) atoms. The summed E-state index contributed by atoms with van der Waals surface area (Å²) >= 11 is 0. The van der Waals surface area contributed by atoms with Crippen molar-refractivity contribution in [2.75, 3.05) is 45.2 Å². The third-order valence-corrected chi connectivity index (χ3v) is 5.45. The highest BCUT2D eigenvalue weighted by Crippen LogP contribution is 2.23. The molecule has 0 aromatic carbocycles. The maximum absolute atomic E-state index is 4.47. The molecule has 0 bridgehead atoms. The average Bonchev–Trinajstić information content (AvgIpc) is 2.62. The summed E-state index contributed by atoms with van der Waals surface area (Å²) < 4.78 is 0. The van der Waals surface area contributed by atoms with Gasteiger partial charge in [0.2, 0.25) is 5.95 Å². The van der Waals surface area contributed by atoms with Gasteiger partial charge >= 0.3 is 0 Å². The van der Waals surface area contributed by atoms with Crippen LogP contribution in [0.15, 0.2) is 12.4 Å². The number of likely N-dealkylation sites (tertiary alicyclic amines) is 2. The van der Waals surface area contributed by atoms with Gasteiger partial charge in [-0.15, -0.1) is 0 Å². The van der Waals surface area contributed by atoms with Crippen LogP contribution in [0.5, 0.6) is 0 Å². The number of aromatic nitrogens is 2. The summed E-state index contributed by atoms with van der Waals surface area (Å²) in [5.41, 5.74) is 1.24. The number of hydrogen-bond acceptors (Lipinski definition) is 5. The maximum atomic E-state index is 4.47. The maximum Gasteiger partial charge on any atom is 0.224 e. The first kappa shape index (κ1) is 17.6. The molecule has 1 atom stereocenters. The van der Waals surface area contributed by atoms with Crippen molar-refractivity contribution < 1.29 is 0 Å². The molecule has 5 nitrogen and oxygen atoms in total. The Morgan fingerprint density at radius 3 is 2.42 bits per heavy atom. The molecular weight excluding hydrogens is 298 g/mol. The van der Waals surface area contributed by atoms with E-state index in [-0.39, 0.29) is 0 Å². The van der Waals surface area contributed by atoms with Crippen LogP contribution in [-0.4, -0.2) is 66.1 Å². The van der Waals surface area contributed by atoms with Crippen LogP contribution in [0.1, 0.15) is 50.5 Å². The molecule has 2 fully saturated rings. The van der Waals surface area contributed by atoms with Crippen molar-refractivity contribution in [2.24, 2.45) is 0 Å². The molecule has 0 N–H and O–H groups in total. The third-order valence-electron chi connectivity index (χ3n) is 5.45. The van der Waals surface area contributed by atoms with E-state index in [1.807, 2.05) is 31.4 Å². The van der Waals surface area contributed by atoms with Gasteiger partial charge in [0.25, 0.3) is 0 Å². The Balaban J connectivity index is 1.53. The average molecular weight is 332 g/mol. The van der Waals surface area contributed by atoms with Crippen LogP contribution in [-0.2, 0) is 6.54 Å². The molecule has 0 amide bonds. The first-order chi connectivity index (χ1) is 11.7. The Kier molecular flexibility index (Phi) is 6.44. The van der Waals surface area contributed by atoms with Crippen LogP contribution in [0.25, 0.3) is 0 Å². The summed E-state index contributed by atoms with van der Waals surface area (Å²) in [5.74, 6) is 0.791. The van der Waals surface area contributed by atoms with Gasteiger partial charge in [-0.25, -0.2) is 9.97 Å². The van der Waals surface area contributed by atoms with Gasteiger partial charge in [0.15, 0.2) is 0 Å². The topological polar surface area (TPSA) is 35.5 Å². The zero-order chi connectivity index (χ0) is 16.8. The lowest BCUT2D eigenvalue weighted by Gasteiger charge is -2.37. The van der Waals surface area contributed by atoms with Crippen molar-refractivity contribution in [3.63, 3.8) is 0 Å². The molecular formula is C19H33N5.